The number of carbonyl (C=O) groups excluding carboxylic acids is 2. The number of carbonyl (C=O) groups is 2. The molecule has 2 rings (SSSR count). The number of benzene rings is 1. The van der Waals surface area contributed by atoms with Crippen LogP contribution in [0.1, 0.15) is 15.2 Å². The third kappa shape index (κ3) is 4.90. The summed E-state index contributed by atoms with van der Waals surface area (Å²) in [6.07, 6.45) is 1.09. The Bertz CT molecular complexity index is 811. The minimum Gasteiger partial charge on any atom is -0.452 e. The molecule has 8 heteroatoms. The van der Waals surface area contributed by atoms with Crippen molar-refractivity contribution in [1.29, 1.82) is 0 Å². The third-order valence-corrected chi connectivity index (χ3v) is 5.23. The average molecular weight is 367 g/mol. The van der Waals surface area contributed by atoms with Crippen molar-refractivity contribution in [3.63, 3.8) is 0 Å². The fraction of sp³-hybridized carbons (Fsp3) is 0.250. The molecule has 0 aliphatic heterocycles. The number of hydrogen-bond donors (Lipinski definition) is 0. The number of rotatable bonds is 6. The van der Waals surface area contributed by atoms with Gasteiger partial charge in [0.1, 0.15) is 0 Å². The number of sulfone groups is 1. The lowest BCUT2D eigenvalue weighted by Crippen LogP contribution is -2.30. The molecule has 0 unspecified atom stereocenters. The standard InChI is InChI=1S/C16H17NO5S2/c1-17(10-13-4-3-9-23-13)15(18)11-22-16(19)12-5-7-14(8-6-12)24(2,20)21/h3-9H,10-11H2,1-2H3. The van der Waals surface area contributed by atoms with Crippen LogP contribution in [0.2, 0.25) is 0 Å². The number of ether oxygens (including phenoxy) is 1. The Balaban J connectivity index is 1.89. The van der Waals surface area contributed by atoms with E-state index in [0.29, 0.717) is 6.54 Å². The summed E-state index contributed by atoms with van der Waals surface area (Å²) in [6.45, 7) is 0.0889. The van der Waals surface area contributed by atoms with Crippen molar-refractivity contribution < 1.29 is 22.7 Å². The van der Waals surface area contributed by atoms with Crippen LogP contribution in [0, 0.1) is 0 Å². The Morgan fingerprint density at radius 1 is 1.17 bits per heavy atom. The monoisotopic (exact) mass is 367 g/mol. The maximum atomic E-state index is 12.0. The van der Waals surface area contributed by atoms with Gasteiger partial charge in [-0.3, -0.25) is 4.79 Å². The van der Waals surface area contributed by atoms with Crippen LogP contribution in [0.4, 0.5) is 0 Å². The Labute approximate surface area is 144 Å². The number of esters is 1. The molecule has 1 heterocycles. The van der Waals surface area contributed by atoms with Crippen LogP contribution < -0.4 is 0 Å². The first-order valence-corrected chi connectivity index (χ1v) is 9.78. The second kappa shape index (κ2) is 7.59. The summed E-state index contributed by atoms with van der Waals surface area (Å²) in [4.78, 5) is 26.5. The fourth-order valence-corrected chi connectivity index (χ4v) is 3.27. The van der Waals surface area contributed by atoms with Crippen molar-refractivity contribution in [2.75, 3.05) is 19.9 Å². The molecule has 1 aromatic heterocycles. The SMILES string of the molecule is CN(Cc1cccs1)C(=O)COC(=O)c1ccc(S(C)(=O)=O)cc1. The van der Waals surface area contributed by atoms with Crippen molar-refractivity contribution in [2.24, 2.45) is 0 Å². The third-order valence-electron chi connectivity index (χ3n) is 3.24. The van der Waals surface area contributed by atoms with Crippen LogP contribution in [0.3, 0.4) is 0 Å². The molecule has 0 saturated carbocycles. The first kappa shape index (κ1) is 18.2. The van der Waals surface area contributed by atoms with Crippen LogP contribution in [0.5, 0.6) is 0 Å². The first-order valence-electron chi connectivity index (χ1n) is 7.01. The van der Waals surface area contributed by atoms with Crippen LogP contribution in [0.25, 0.3) is 0 Å². The Morgan fingerprint density at radius 3 is 2.38 bits per heavy atom. The number of hydrogen-bond acceptors (Lipinski definition) is 6. The summed E-state index contributed by atoms with van der Waals surface area (Å²) in [7, 11) is -1.68. The van der Waals surface area contributed by atoms with Gasteiger partial charge in [-0.1, -0.05) is 6.07 Å². The molecule has 2 aromatic rings. The second-order valence-electron chi connectivity index (χ2n) is 5.20. The van der Waals surface area contributed by atoms with Crippen LogP contribution >= 0.6 is 11.3 Å². The molecule has 0 N–H and O–H groups in total. The van der Waals surface area contributed by atoms with E-state index in [0.717, 1.165) is 11.1 Å². The molecule has 0 bridgehead atoms. The van der Waals surface area contributed by atoms with Crippen LogP contribution in [-0.2, 0) is 25.9 Å². The number of likely N-dealkylation sites (N-methyl/N-ethyl adjacent to an activating group) is 1. The Kier molecular flexibility index (Phi) is 5.74. The number of amides is 1. The lowest BCUT2D eigenvalue weighted by molar-refractivity contribution is -0.133. The molecule has 0 aliphatic rings. The molecule has 0 saturated heterocycles. The van der Waals surface area contributed by atoms with Gasteiger partial charge in [0.15, 0.2) is 16.4 Å². The van der Waals surface area contributed by atoms with Gasteiger partial charge in [0.05, 0.1) is 17.0 Å². The molecular formula is C16H17NO5S2. The van der Waals surface area contributed by atoms with Crippen molar-refractivity contribution in [1.82, 2.24) is 4.90 Å². The van der Waals surface area contributed by atoms with Crippen molar-refractivity contribution in [3.05, 3.63) is 52.2 Å². The normalized spacial score (nSPS) is 11.1. The topological polar surface area (TPSA) is 80.8 Å². The molecule has 0 spiro atoms. The van der Waals surface area contributed by atoms with Gasteiger partial charge in [0.25, 0.3) is 5.91 Å². The lowest BCUT2D eigenvalue weighted by atomic mass is 10.2. The summed E-state index contributed by atoms with van der Waals surface area (Å²) < 4.78 is 27.7. The van der Waals surface area contributed by atoms with Gasteiger partial charge in [-0.15, -0.1) is 11.3 Å². The van der Waals surface area contributed by atoms with Crippen molar-refractivity contribution in [2.45, 2.75) is 11.4 Å². The quantitative estimate of drug-likeness (QED) is 0.729. The highest BCUT2D eigenvalue weighted by Crippen LogP contribution is 2.12. The highest BCUT2D eigenvalue weighted by molar-refractivity contribution is 7.90. The Morgan fingerprint density at radius 2 is 1.83 bits per heavy atom. The zero-order valence-electron chi connectivity index (χ0n) is 13.3. The summed E-state index contributed by atoms with van der Waals surface area (Å²) >= 11 is 1.54. The zero-order chi connectivity index (χ0) is 17.7. The van der Waals surface area contributed by atoms with Gasteiger partial charge in [-0.25, -0.2) is 13.2 Å². The van der Waals surface area contributed by atoms with Gasteiger partial charge >= 0.3 is 5.97 Å². The zero-order valence-corrected chi connectivity index (χ0v) is 14.9. The van der Waals surface area contributed by atoms with Gasteiger partial charge in [0, 0.05) is 18.2 Å². The van der Waals surface area contributed by atoms with Crippen molar-refractivity contribution in [3.8, 4) is 0 Å². The molecule has 0 fully saturated rings. The van der Waals surface area contributed by atoms with Crippen molar-refractivity contribution >= 4 is 33.1 Å². The van der Waals surface area contributed by atoms with Gasteiger partial charge in [-0.2, -0.15) is 0 Å². The highest BCUT2D eigenvalue weighted by atomic mass is 32.2. The number of nitrogens with zero attached hydrogens (tertiary/aromatic N) is 1. The first-order chi connectivity index (χ1) is 11.3. The van der Waals surface area contributed by atoms with E-state index in [2.05, 4.69) is 0 Å². The molecular weight excluding hydrogens is 350 g/mol. The summed E-state index contributed by atoms with van der Waals surface area (Å²) in [5.41, 5.74) is 0.191. The predicted octanol–water partition coefficient (Wildman–Crippen LogP) is 1.97. The maximum Gasteiger partial charge on any atom is 0.338 e. The van der Waals surface area contributed by atoms with Crippen LogP contribution in [0.15, 0.2) is 46.7 Å². The molecule has 0 atom stereocenters. The minimum absolute atomic E-state index is 0.116. The van der Waals surface area contributed by atoms with E-state index in [-0.39, 0.29) is 23.0 Å². The van der Waals surface area contributed by atoms with Crippen LogP contribution in [-0.4, -0.2) is 45.1 Å². The molecule has 1 aromatic carbocycles. The average Bonchev–Trinajstić information content (AvgIpc) is 3.04. The van der Waals surface area contributed by atoms with E-state index in [1.165, 1.54) is 29.2 Å². The maximum absolute atomic E-state index is 12.0. The highest BCUT2D eigenvalue weighted by Gasteiger charge is 2.15. The minimum atomic E-state index is -3.32. The largest absolute Gasteiger partial charge is 0.452 e. The molecule has 6 nitrogen and oxygen atoms in total. The summed E-state index contributed by atoms with van der Waals surface area (Å²) in [5.74, 6) is -0.988. The summed E-state index contributed by atoms with van der Waals surface area (Å²) in [5, 5.41) is 1.92. The summed E-state index contributed by atoms with van der Waals surface area (Å²) in [6, 6.07) is 9.20. The molecule has 128 valence electrons. The number of thiophene rings is 1. The molecule has 0 radical (unpaired) electrons. The van der Waals surface area contributed by atoms with E-state index in [1.807, 2.05) is 17.5 Å². The fourth-order valence-electron chi connectivity index (χ4n) is 1.88. The predicted molar refractivity (Wildman–Crippen MR) is 90.6 cm³/mol. The van der Waals surface area contributed by atoms with E-state index < -0.39 is 15.8 Å². The lowest BCUT2D eigenvalue weighted by Gasteiger charge is -2.16. The Hall–Kier alpha value is -2.19. The van der Waals surface area contributed by atoms with E-state index in [9.17, 15) is 18.0 Å². The van der Waals surface area contributed by atoms with Gasteiger partial charge in [-0.05, 0) is 35.7 Å². The molecule has 1 amide bonds. The van der Waals surface area contributed by atoms with E-state index in [4.69, 9.17) is 4.74 Å². The van der Waals surface area contributed by atoms with Gasteiger partial charge < -0.3 is 9.64 Å². The molecule has 0 aliphatic carbocycles. The van der Waals surface area contributed by atoms with E-state index >= 15 is 0 Å². The van der Waals surface area contributed by atoms with E-state index in [1.54, 1.807) is 18.4 Å². The van der Waals surface area contributed by atoms with Gasteiger partial charge in [0.2, 0.25) is 0 Å². The second-order valence-corrected chi connectivity index (χ2v) is 8.25. The smallest absolute Gasteiger partial charge is 0.338 e. The molecule has 24 heavy (non-hydrogen) atoms.